The van der Waals surface area contributed by atoms with E-state index in [1.165, 1.54) is 21.9 Å². The third kappa shape index (κ3) is 1.42. The molecule has 3 rings (SSSR count). The Morgan fingerprint density at radius 3 is 2.75 bits per heavy atom. The molecule has 1 aromatic carbocycles. The summed E-state index contributed by atoms with van der Waals surface area (Å²) in [5, 5.41) is 2.50. The molecular formula is C14H13NO. The summed E-state index contributed by atoms with van der Waals surface area (Å²) in [7, 11) is 0. The van der Waals surface area contributed by atoms with Crippen LogP contribution in [-0.2, 0) is 4.74 Å². The average molecular weight is 211 g/mol. The zero-order valence-corrected chi connectivity index (χ0v) is 9.23. The molecule has 0 saturated heterocycles. The van der Waals surface area contributed by atoms with Gasteiger partial charge in [-0.15, -0.1) is 0 Å². The number of benzene rings is 1. The summed E-state index contributed by atoms with van der Waals surface area (Å²) >= 11 is 0. The van der Waals surface area contributed by atoms with E-state index in [0.29, 0.717) is 6.61 Å². The van der Waals surface area contributed by atoms with Crippen LogP contribution in [0.5, 0.6) is 0 Å². The van der Waals surface area contributed by atoms with Crippen LogP contribution in [0.1, 0.15) is 11.3 Å². The Bertz CT molecular complexity index is 572. The predicted molar refractivity (Wildman–Crippen MR) is 65.3 cm³/mol. The van der Waals surface area contributed by atoms with Crippen LogP contribution in [0.25, 0.3) is 16.3 Å². The minimum absolute atomic E-state index is 0.703. The van der Waals surface area contributed by atoms with E-state index in [0.717, 1.165) is 12.3 Å². The summed E-state index contributed by atoms with van der Waals surface area (Å²) in [6, 6.07) is 8.40. The van der Waals surface area contributed by atoms with Crippen LogP contribution in [0.15, 0.2) is 36.5 Å². The van der Waals surface area contributed by atoms with Crippen molar-refractivity contribution in [2.45, 2.75) is 6.92 Å². The minimum Gasteiger partial charge on any atom is -0.373 e. The molecule has 16 heavy (non-hydrogen) atoms. The molecule has 2 heterocycles. The van der Waals surface area contributed by atoms with Crippen molar-refractivity contribution in [1.29, 1.82) is 0 Å². The van der Waals surface area contributed by atoms with Crippen LogP contribution in [0.4, 0.5) is 0 Å². The van der Waals surface area contributed by atoms with Gasteiger partial charge in [0, 0.05) is 22.8 Å². The number of nitrogens with zero attached hydrogens (tertiary/aromatic N) is 1. The van der Waals surface area contributed by atoms with Gasteiger partial charge in [-0.1, -0.05) is 30.3 Å². The Kier molecular flexibility index (Phi) is 2.22. The highest BCUT2D eigenvalue weighted by molar-refractivity contribution is 5.95. The Morgan fingerprint density at radius 1 is 1.19 bits per heavy atom. The van der Waals surface area contributed by atoms with Gasteiger partial charge in [0.25, 0.3) is 0 Å². The lowest BCUT2D eigenvalue weighted by Crippen LogP contribution is -1.93. The maximum Gasteiger partial charge on any atom is 0.0725 e. The number of hydrogen-bond donors (Lipinski definition) is 0. The molecule has 2 heteroatoms. The molecule has 0 fully saturated rings. The van der Waals surface area contributed by atoms with Crippen LogP contribution in [0.2, 0.25) is 0 Å². The lowest BCUT2D eigenvalue weighted by atomic mass is 10.0. The summed E-state index contributed by atoms with van der Waals surface area (Å²) in [4.78, 5) is 4.46. The van der Waals surface area contributed by atoms with Crippen LogP contribution < -0.4 is 0 Å². The van der Waals surface area contributed by atoms with Gasteiger partial charge in [-0.3, -0.25) is 4.98 Å². The van der Waals surface area contributed by atoms with Gasteiger partial charge in [-0.05, 0) is 17.9 Å². The van der Waals surface area contributed by atoms with Gasteiger partial charge in [-0.25, -0.2) is 0 Å². The predicted octanol–water partition coefficient (Wildman–Crippen LogP) is 2.96. The maximum atomic E-state index is 5.37. The second-order valence-corrected chi connectivity index (χ2v) is 4.05. The SMILES string of the molecule is Cc1ncc(C2=CCOC2)c2ccccc12. The van der Waals surface area contributed by atoms with Gasteiger partial charge < -0.3 is 4.74 Å². The lowest BCUT2D eigenvalue weighted by molar-refractivity contribution is 0.216. The maximum absolute atomic E-state index is 5.37. The van der Waals surface area contributed by atoms with Crippen molar-refractivity contribution in [3.63, 3.8) is 0 Å². The number of pyridine rings is 1. The van der Waals surface area contributed by atoms with E-state index in [1.54, 1.807) is 0 Å². The average Bonchev–Trinajstić information content (AvgIpc) is 2.83. The number of aryl methyl sites for hydroxylation is 1. The first-order chi connectivity index (χ1) is 7.86. The van der Waals surface area contributed by atoms with Gasteiger partial charge in [0.1, 0.15) is 0 Å². The molecule has 0 radical (unpaired) electrons. The van der Waals surface area contributed by atoms with E-state index in [-0.39, 0.29) is 0 Å². The first-order valence-electron chi connectivity index (χ1n) is 5.48. The molecule has 0 N–H and O–H groups in total. The fourth-order valence-electron chi connectivity index (χ4n) is 2.16. The monoisotopic (exact) mass is 211 g/mol. The fraction of sp³-hybridized carbons (Fsp3) is 0.214. The van der Waals surface area contributed by atoms with Gasteiger partial charge in [0.15, 0.2) is 0 Å². The molecule has 0 aliphatic carbocycles. The third-order valence-electron chi connectivity index (χ3n) is 3.05. The molecule has 1 aromatic heterocycles. The molecule has 0 bridgehead atoms. The van der Waals surface area contributed by atoms with Crippen molar-refractivity contribution in [1.82, 2.24) is 4.98 Å². The molecule has 0 saturated carbocycles. The van der Waals surface area contributed by atoms with Crippen molar-refractivity contribution in [3.8, 4) is 0 Å². The van der Waals surface area contributed by atoms with E-state index in [2.05, 4.69) is 35.3 Å². The second kappa shape index (κ2) is 3.72. The lowest BCUT2D eigenvalue weighted by Gasteiger charge is -2.08. The highest BCUT2D eigenvalue weighted by Crippen LogP contribution is 2.27. The van der Waals surface area contributed by atoms with E-state index in [1.807, 2.05) is 13.1 Å². The summed E-state index contributed by atoms with van der Waals surface area (Å²) < 4.78 is 5.37. The molecular weight excluding hydrogens is 198 g/mol. The zero-order chi connectivity index (χ0) is 11.0. The molecule has 0 unspecified atom stereocenters. The van der Waals surface area contributed by atoms with Crippen LogP contribution >= 0.6 is 0 Å². The molecule has 0 spiro atoms. The quantitative estimate of drug-likeness (QED) is 0.723. The number of fused-ring (bicyclic) bond motifs is 1. The molecule has 2 aromatic rings. The second-order valence-electron chi connectivity index (χ2n) is 4.05. The van der Waals surface area contributed by atoms with Crippen LogP contribution in [-0.4, -0.2) is 18.2 Å². The van der Waals surface area contributed by atoms with Crippen LogP contribution in [0.3, 0.4) is 0 Å². The summed E-state index contributed by atoms with van der Waals surface area (Å²) in [5.74, 6) is 0. The van der Waals surface area contributed by atoms with Gasteiger partial charge in [0.2, 0.25) is 0 Å². The van der Waals surface area contributed by atoms with Gasteiger partial charge >= 0.3 is 0 Å². The molecule has 1 aliphatic heterocycles. The van der Waals surface area contributed by atoms with Crippen molar-refractivity contribution in [3.05, 3.63) is 47.8 Å². The third-order valence-corrected chi connectivity index (χ3v) is 3.05. The van der Waals surface area contributed by atoms with E-state index >= 15 is 0 Å². The highest BCUT2D eigenvalue weighted by atomic mass is 16.5. The van der Waals surface area contributed by atoms with Crippen molar-refractivity contribution >= 4 is 16.3 Å². The standard InChI is InChI=1S/C14H13NO/c1-10-12-4-2-3-5-13(12)14(8-15-10)11-6-7-16-9-11/h2-6,8H,7,9H2,1H3. The summed E-state index contributed by atoms with van der Waals surface area (Å²) in [6.45, 7) is 3.47. The van der Waals surface area contributed by atoms with Crippen molar-refractivity contribution in [2.24, 2.45) is 0 Å². The Morgan fingerprint density at radius 2 is 2.00 bits per heavy atom. The first kappa shape index (κ1) is 9.55. The molecule has 1 aliphatic rings. The topological polar surface area (TPSA) is 22.1 Å². The number of ether oxygens (including phenoxy) is 1. The van der Waals surface area contributed by atoms with Crippen LogP contribution in [0, 0.1) is 6.92 Å². The number of aromatic nitrogens is 1. The molecule has 0 amide bonds. The normalized spacial score (nSPS) is 15.4. The number of hydrogen-bond acceptors (Lipinski definition) is 2. The van der Waals surface area contributed by atoms with Gasteiger partial charge in [0.05, 0.1) is 13.2 Å². The largest absolute Gasteiger partial charge is 0.373 e. The fourth-order valence-corrected chi connectivity index (χ4v) is 2.16. The van der Waals surface area contributed by atoms with Gasteiger partial charge in [-0.2, -0.15) is 0 Å². The van der Waals surface area contributed by atoms with Crippen molar-refractivity contribution < 1.29 is 4.74 Å². The molecule has 80 valence electrons. The highest BCUT2D eigenvalue weighted by Gasteiger charge is 2.11. The Labute approximate surface area is 94.6 Å². The van der Waals surface area contributed by atoms with E-state index in [9.17, 15) is 0 Å². The first-order valence-corrected chi connectivity index (χ1v) is 5.48. The smallest absolute Gasteiger partial charge is 0.0725 e. The van der Waals surface area contributed by atoms with E-state index in [4.69, 9.17) is 4.74 Å². The molecule has 0 atom stereocenters. The minimum atomic E-state index is 0.703. The zero-order valence-electron chi connectivity index (χ0n) is 9.23. The number of rotatable bonds is 1. The Hall–Kier alpha value is -1.67. The summed E-state index contributed by atoms with van der Waals surface area (Å²) in [6.07, 6.45) is 4.09. The van der Waals surface area contributed by atoms with Crippen molar-refractivity contribution in [2.75, 3.05) is 13.2 Å². The van der Waals surface area contributed by atoms with E-state index < -0.39 is 0 Å². The summed E-state index contributed by atoms with van der Waals surface area (Å²) in [5.41, 5.74) is 3.54. The Balaban J connectivity index is 2.29. The molecule has 2 nitrogen and oxygen atoms in total.